The van der Waals surface area contributed by atoms with Gasteiger partial charge in [-0.05, 0) is 41.5 Å². The molecule has 1 aliphatic rings. The van der Waals surface area contributed by atoms with Gasteiger partial charge in [0.25, 0.3) is 5.91 Å². The molecule has 1 amide bonds. The second kappa shape index (κ2) is 6.57. The van der Waals surface area contributed by atoms with Crippen molar-refractivity contribution in [1.82, 2.24) is 10.3 Å². The number of hydrogen-bond acceptors (Lipinski definition) is 3. The highest BCUT2D eigenvalue weighted by Crippen LogP contribution is 2.37. The number of ether oxygens (including phenoxy) is 1. The lowest BCUT2D eigenvalue weighted by Crippen LogP contribution is -2.23. The number of hydrogen-bond donors (Lipinski definition) is 1. The number of aromatic nitrogens is 1. The van der Waals surface area contributed by atoms with Crippen molar-refractivity contribution in [3.63, 3.8) is 0 Å². The Morgan fingerprint density at radius 3 is 2.92 bits per heavy atom. The number of amides is 1. The normalized spacial score (nSPS) is 11.9. The van der Waals surface area contributed by atoms with Crippen LogP contribution in [-0.2, 0) is 13.2 Å². The highest BCUT2D eigenvalue weighted by Gasteiger charge is 2.19. The van der Waals surface area contributed by atoms with Crippen LogP contribution in [0.15, 0.2) is 60.9 Å². The fraction of sp³-hybridized carbons (Fsp3) is 0.100. The van der Waals surface area contributed by atoms with Gasteiger partial charge in [-0.15, -0.1) is 0 Å². The van der Waals surface area contributed by atoms with Crippen LogP contribution < -0.4 is 10.1 Å². The molecule has 0 radical (unpaired) electrons. The highest BCUT2D eigenvalue weighted by molar-refractivity contribution is 6.31. The first-order valence-electron chi connectivity index (χ1n) is 7.94. The molecule has 2 aromatic carbocycles. The van der Waals surface area contributed by atoms with E-state index in [2.05, 4.69) is 10.3 Å². The van der Waals surface area contributed by atoms with Crippen molar-refractivity contribution in [3.8, 4) is 16.9 Å². The Labute approximate surface area is 150 Å². The number of nitrogens with zero attached hydrogens (tertiary/aromatic N) is 1. The molecule has 1 aliphatic heterocycles. The molecular formula is C20H15ClN2O2. The summed E-state index contributed by atoms with van der Waals surface area (Å²) in [4.78, 5) is 16.6. The molecule has 0 fully saturated rings. The topological polar surface area (TPSA) is 51.2 Å². The molecule has 0 aliphatic carbocycles. The van der Waals surface area contributed by atoms with Gasteiger partial charge in [0.1, 0.15) is 12.4 Å². The summed E-state index contributed by atoms with van der Waals surface area (Å²) < 4.78 is 5.78. The van der Waals surface area contributed by atoms with E-state index < -0.39 is 0 Å². The number of rotatable bonds is 3. The average Bonchev–Trinajstić information content (AvgIpc) is 2.66. The molecule has 124 valence electrons. The van der Waals surface area contributed by atoms with E-state index in [1.165, 1.54) is 0 Å². The van der Waals surface area contributed by atoms with Gasteiger partial charge in [0.05, 0.1) is 0 Å². The van der Waals surface area contributed by atoms with Gasteiger partial charge in [-0.3, -0.25) is 9.78 Å². The first-order valence-corrected chi connectivity index (χ1v) is 8.32. The van der Waals surface area contributed by atoms with E-state index in [1.807, 2.05) is 42.6 Å². The van der Waals surface area contributed by atoms with Gasteiger partial charge in [0.2, 0.25) is 0 Å². The van der Waals surface area contributed by atoms with Crippen molar-refractivity contribution < 1.29 is 9.53 Å². The van der Waals surface area contributed by atoms with Crippen molar-refractivity contribution in [3.05, 3.63) is 82.6 Å². The zero-order valence-electron chi connectivity index (χ0n) is 13.3. The first-order chi connectivity index (χ1) is 12.2. The van der Waals surface area contributed by atoms with E-state index >= 15 is 0 Å². The third-order valence-corrected chi connectivity index (χ3v) is 4.59. The van der Waals surface area contributed by atoms with Crippen LogP contribution in [0.25, 0.3) is 11.1 Å². The maximum absolute atomic E-state index is 12.4. The SMILES string of the molecule is O=C(NCc1ccccc1Cl)c1ccc2c(c1)OCc1cnccc1-2. The number of fused-ring (bicyclic) bond motifs is 3. The van der Waals surface area contributed by atoms with Gasteiger partial charge in [-0.25, -0.2) is 0 Å². The Hall–Kier alpha value is -2.85. The van der Waals surface area contributed by atoms with Gasteiger partial charge in [-0.2, -0.15) is 0 Å². The smallest absolute Gasteiger partial charge is 0.251 e. The summed E-state index contributed by atoms with van der Waals surface area (Å²) in [6.45, 7) is 0.839. The van der Waals surface area contributed by atoms with Crippen LogP contribution in [-0.4, -0.2) is 10.9 Å². The molecular weight excluding hydrogens is 336 g/mol. The van der Waals surface area contributed by atoms with Crippen molar-refractivity contribution >= 4 is 17.5 Å². The van der Waals surface area contributed by atoms with Crippen LogP contribution in [0.5, 0.6) is 5.75 Å². The summed E-state index contributed by atoms with van der Waals surface area (Å²) in [5.41, 5.74) is 4.56. The molecule has 1 N–H and O–H groups in total. The van der Waals surface area contributed by atoms with E-state index in [0.29, 0.717) is 29.5 Å². The quantitative estimate of drug-likeness (QED) is 0.769. The molecule has 0 saturated carbocycles. The maximum atomic E-state index is 12.4. The predicted molar refractivity (Wildman–Crippen MR) is 96.6 cm³/mol. The molecule has 4 rings (SSSR count). The molecule has 0 saturated heterocycles. The van der Waals surface area contributed by atoms with E-state index in [0.717, 1.165) is 22.3 Å². The van der Waals surface area contributed by atoms with Crippen LogP contribution in [0.4, 0.5) is 0 Å². The van der Waals surface area contributed by atoms with Crippen molar-refractivity contribution in [1.29, 1.82) is 0 Å². The minimum Gasteiger partial charge on any atom is -0.488 e. The summed E-state index contributed by atoms with van der Waals surface area (Å²) in [5.74, 6) is 0.552. The second-order valence-corrected chi connectivity index (χ2v) is 6.21. The monoisotopic (exact) mass is 350 g/mol. The first kappa shape index (κ1) is 15.7. The zero-order valence-corrected chi connectivity index (χ0v) is 14.1. The van der Waals surface area contributed by atoms with E-state index in [-0.39, 0.29) is 5.91 Å². The van der Waals surface area contributed by atoms with E-state index in [9.17, 15) is 4.79 Å². The third-order valence-electron chi connectivity index (χ3n) is 4.22. The molecule has 25 heavy (non-hydrogen) atoms. The Balaban J connectivity index is 1.55. The standard InChI is InChI=1S/C20H15ClN2O2/c21-18-4-2-1-3-14(18)11-23-20(24)13-5-6-17-16-7-8-22-10-15(16)12-25-19(17)9-13/h1-10H,11-12H2,(H,23,24). The summed E-state index contributed by atoms with van der Waals surface area (Å²) in [5, 5.41) is 3.53. The lowest BCUT2D eigenvalue weighted by atomic mass is 9.97. The number of carbonyl (C=O) groups is 1. The Morgan fingerprint density at radius 1 is 1.16 bits per heavy atom. The number of benzene rings is 2. The molecule has 2 heterocycles. The number of carbonyl (C=O) groups excluding carboxylic acids is 1. The van der Waals surface area contributed by atoms with Crippen molar-refractivity contribution in [2.24, 2.45) is 0 Å². The van der Waals surface area contributed by atoms with Crippen molar-refractivity contribution in [2.75, 3.05) is 0 Å². The van der Waals surface area contributed by atoms with Gasteiger partial charge in [0, 0.05) is 40.7 Å². The Morgan fingerprint density at radius 2 is 2.04 bits per heavy atom. The molecule has 4 nitrogen and oxygen atoms in total. The fourth-order valence-electron chi connectivity index (χ4n) is 2.89. The fourth-order valence-corrected chi connectivity index (χ4v) is 3.09. The number of nitrogens with one attached hydrogen (secondary N) is 1. The second-order valence-electron chi connectivity index (χ2n) is 5.81. The van der Waals surface area contributed by atoms with E-state index in [1.54, 1.807) is 18.3 Å². The van der Waals surface area contributed by atoms with Gasteiger partial charge in [0.15, 0.2) is 0 Å². The van der Waals surface area contributed by atoms with Crippen LogP contribution in [0.2, 0.25) is 5.02 Å². The lowest BCUT2D eigenvalue weighted by molar-refractivity contribution is 0.0950. The van der Waals surface area contributed by atoms with Crippen LogP contribution in [0.3, 0.4) is 0 Å². The third kappa shape index (κ3) is 3.08. The summed E-state index contributed by atoms with van der Waals surface area (Å²) in [6, 6.07) is 14.9. The van der Waals surface area contributed by atoms with Crippen LogP contribution >= 0.6 is 11.6 Å². The average molecular weight is 351 g/mol. The molecule has 0 bridgehead atoms. The summed E-state index contributed by atoms with van der Waals surface area (Å²) in [6.07, 6.45) is 3.57. The maximum Gasteiger partial charge on any atom is 0.251 e. The highest BCUT2D eigenvalue weighted by atomic mass is 35.5. The molecule has 1 aromatic heterocycles. The number of halogens is 1. The molecule has 0 unspecified atom stereocenters. The number of pyridine rings is 1. The van der Waals surface area contributed by atoms with Crippen LogP contribution in [0.1, 0.15) is 21.5 Å². The van der Waals surface area contributed by atoms with Crippen LogP contribution in [0, 0.1) is 0 Å². The molecule has 0 atom stereocenters. The van der Waals surface area contributed by atoms with Crippen molar-refractivity contribution in [2.45, 2.75) is 13.2 Å². The van der Waals surface area contributed by atoms with E-state index in [4.69, 9.17) is 16.3 Å². The minimum absolute atomic E-state index is 0.160. The Kier molecular flexibility index (Phi) is 4.12. The summed E-state index contributed by atoms with van der Waals surface area (Å²) in [7, 11) is 0. The van der Waals surface area contributed by atoms with Gasteiger partial charge in [-0.1, -0.05) is 29.8 Å². The Bertz CT molecular complexity index is 956. The summed E-state index contributed by atoms with van der Waals surface area (Å²) >= 11 is 6.12. The minimum atomic E-state index is -0.160. The van der Waals surface area contributed by atoms with Gasteiger partial charge >= 0.3 is 0 Å². The predicted octanol–water partition coefficient (Wildman–Crippen LogP) is 4.22. The zero-order chi connectivity index (χ0) is 17.2. The molecule has 3 aromatic rings. The molecule has 0 spiro atoms. The van der Waals surface area contributed by atoms with Gasteiger partial charge < -0.3 is 10.1 Å². The largest absolute Gasteiger partial charge is 0.488 e. The molecule has 5 heteroatoms. The lowest BCUT2D eigenvalue weighted by Gasteiger charge is -2.20.